The maximum atomic E-state index is 13.7. The van der Waals surface area contributed by atoms with Gasteiger partial charge in [0.1, 0.15) is 17.3 Å². The summed E-state index contributed by atoms with van der Waals surface area (Å²) >= 11 is 0. The molecule has 1 atom stereocenters. The number of methoxy groups -OCH3 is 2. The summed E-state index contributed by atoms with van der Waals surface area (Å²) in [6.45, 7) is 1.30. The van der Waals surface area contributed by atoms with Gasteiger partial charge in [-0.25, -0.2) is 4.39 Å². The average molecular weight is 372 g/mol. The van der Waals surface area contributed by atoms with Crippen molar-refractivity contribution in [2.24, 2.45) is 0 Å². The van der Waals surface area contributed by atoms with Gasteiger partial charge in [-0.15, -0.1) is 0 Å². The van der Waals surface area contributed by atoms with E-state index in [2.05, 4.69) is 10.2 Å². The van der Waals surface area contributed by atoms with Gasteiger partial charge in [-0.1, -0.05) is 24.3 Å². The summed E-state index contributed by atoms with van der Waals surface area (Å²) in [7, 11) is 3.26. The molecular formula is C21H25FN2O3. The molecule has 0 aromatic heterocycles. The molecule has 27 heavy (non-hydrogen) atoms. The molecule has 1 fully saturated rings. The summed E-state index contributed by atoms with van der Waals surface area (Å²) < 4.78 is 24.5. The molecule has 2 aromatic rings. The Morgan fingerprint density at radius 2 is 2.04 bits per heavy atom. The van der Waals surface area contributed by atoms with Gasteiger partial charge in [0.15, 0.2) is 0 Å². The van der Waals surface area contributed by atoms with Crippen LogP contribution >= 0.6 is 0 Å². The number of halogens is 1. The lowest BCUT2D eigenvalue weighted by Crippen LogP contribution is -2.36. The molecule has 0 spiro atoms. The van der Waals surface area contributed by atoms with Crippen molar-refractivity contribution >= 4 is 5.91 Å². The smallest absolute Gasteiger partial charge is 0.234 e. The standard InChI is InChI=1S/C21H25FN2O3/c1-26-16-9-10-17(20(12-16)27-2)19-8-5-11-24(19)14-21(25)23-13-15-6-3-4-7-18(15)22/h3-4,6-7,9-10,12,19H,5,8,11,13-14H2,1-2H3,(H,23,25). The highest BCUT2D eigenvalue weighted by atomic mass is 19.1. The van der Waals surface area contributed by atoms with Crippen molar-refractivity contribution < 1.29 is 18.7 Å². The highest BCUT2D eigenvalue weighted by molar-refractivity contribution is 5.78. The lowest BCUT2D eigenvalue weighted by atomic mass is 10.0. The van der Waals surface area contributed by atoms with Crippen LogP contribution in [-0.2, 0) is 11.3 Å². The second-order valence-electron chi connectivity index (χ2n) is 6.60. The minimum absolute atomic E-state index is 0.113. The van der Waals surface area contributed by atoms with Gasteiger partial charge in [-0.2, -0.15) is 0 Å². The number of likely N-dealkylation sites (tertiary alicyclic amines) is 1. The molecule has 1 aliphatic rings. The first-order valence-electron chi connectivity index (χ1n) is 9.08. The van der Waals surface area contributed by atoms with Gasteiger partial charge in [-0.3, -0.25) is 9.69 Å². The number of carbonyl (C=O) groups is 1. The molecule has 1 saturated heterocycles. The fourth-order valence-corrected chi connectivity index (χ4v) is 3.54. The highest BCUT2D eigenvalue weighted by Crippen LogP contribution is 2.38. The highest BCUT2D eigenvalue weighted by Gasteiger charge is 2.29. The molecule has 1 aliphatic heterocycles. The zero-order valence-electron chi connectivity index (χ0n) is 15.7. The molecule has 1 unspecified atom stereocenters. The van der Waals surface area contributed by atoms with E-state index in [0.717, 1.165) is 36.4 Å². The fraction of sp³-hybridized carbons (Fsp3) is 0.381. The zero-order valence-corrected chi connectivity index (χ0v) is 15.7. The molecule has 5 nitrogen and oxygen atoms in total. The number of ether oxygens (including phenoxy) is 2. The Kier molecular flexibility index (Phi) is 6.29. The maximum absolute atomic E-state index is 13.7. The van der Waals surface area contributed by atoms with Crippen LogP contribution in [0.5, 0.6) is 11.5 Å². The predicted octanol–water partition coefficient (Wildman–Crippen LogP) is 3.30. The van der Waals surface area contributed by atoms with E-state index in [1.165, 1.54) is 6.07 Å². The van der Waals surface area contributed by atoms with E-state index in [4.69, 9.17) is 9.47 Å². The molecule has 0 saturated carbocycles. The van der Waals surface area contributed by atoms with Crippen LogP contribution < -0.4 is 14.8 Å². The summed E-state index contributed by atoms with van der Waals surface area (Å²) in [5, 5.41) is 2.81. The molecular weight excluding hydrogens is 347 g/mol. The lowest BCUT2D eigenvalue weighted by Gasteiger charge is -2.26. The fourth-order valence-electron chi connectivity index (χ4n) is 3.54. The molecule has 1 N–H and O–H groups in total. The minimum atomic E-state index is -0.306. The third-order valence-corrected chi connectivity index (χ3v) is 4.94. The van der Waals surface area contributed by atoms with E-state index in [0.29, 0.717) is 5.56 Å². The molecule has 3 rings (SSSR count). The van der Waals surface area contributed by atoms with Crippen molar-refractivity contribution in [1.82, 2.24) is 10.2 Å². The van der Waals surface area contributed by atoms with E-state index in [1.54, 1.807) is 32.4 Å². The van der Waals surface area contributed by atoms with Gasteiger partial charge in [0.25, 0.3) is 0 Å². The average Bonchev–Trinajstić information content (AvgIpc) is 3.14. The van der Waals surface area contributed by atoms with Gasteiger partial charge in [-0.05, 0) is 31.5 Å². The first-order valence-corrected chi connectivity index (χ1v) is 9.08. The molecule has 1 heterocycles. The minimum Gasteiger partial charge on any atom is -0.497 e. The quantitative estimate of drug-likeness (QED) is 0.810. The van der Waals surface area contributed by atoms with Crippen LogP contribution in [0.15, 0.2) is 42.5 Å². The van der Waals surface area contributed by atoms with Crippen LogP contribution in [-0.4, -0.2) is 38.1 Å². The van der Waals surface area contributed by atoms with E-state index < -0.39 is 0 Å². The maximum Gasteiger partial charge on any atom is 0.234 e. The number of hydrogen-bond acceptors (Lipinski definition) is 4. The number of hydrogen-bond donors (Lipinski definition) is 1. The van der Waals surface area contributed by atoms with Crippen molar-refractivity contribution in [3.63, 3.8) is 0 Å². The van der Waals surface area contributed by atoms with Crippen LogP contribution in [0.1, 0.15) is 30.0 Å². The number of carbonyl (C=O) groups excluding carboxylic acids is 1. The zero-order chi connectivity index (χ0) is 19.2. The molecule has 144 valence electrons. The lowest BCUT2D eigenvalue weighted by molar-refractivity contribution is -0.122. The van der Waals surface area contributed by atoms with E-state index >= 15 is 0 Å². The summed E-state index contributed by atoms with van der Waals surface area (Å²) in [4.78, 5) is 14.5. The summed E-state index contributed by atoms with van der Waals surface area (Å²) in [6, 6.07) is 12.4. The van der Waals surface area contributed by atoms with Crippen LogP contribution in [0.25, 0.3) is 0 Å². The van der Waals surface area contributed by atoms with E-state index in [-0.39, 0.29) is 30.9 Å². The second-order valence-corrected chi connectivity index (χ2v) is 6.60. The van der Waals surface area contributed by atoms with Crippen LogP contribution in [0.2, 0.25) is 0 Å². The van der Waals surface area contributed by atoms with Crippen molar-refractivity contribution in [1.29, 1.82) is 0 Å². The van der Waals surface area contributed by atoms with E-state index in [9.17, 15) is 9.18 Å². The molecule has 1 amide bonds. The third kappa shape index (κ3) is 4.57. The number of amides is 1. The summed E-state index contributed by atoms with van der Waals surface area (Å²) in [5.74, 6) is 1.08. The number of rotatable bonds is 7. The molecule has 0 aliphatic carbocycles. The van der Waals surface area contributed by atoms with Gasteiger partial charge < -0.3 is 14.8 Å². The monoisotopic (exact) mass is 372 g/mol. The van der Waals surface area contributed by atoms with Gasteiger partial charge in [0.2, 0.25) is 5.91 Å². The van der Waals surface area contributed by atoms with Crippen molar-refractivity contribution in [2.75, 3.05) is 27.3 Å². The van der Waals surface area contributed by atoms with E-state index in [1.807, 2.05) is 18.2 Å². The Morgan fingerprint density at radius 1 is 1.22 bits per heavy atom. The first-order chi connectivity index (χ1) is 13.1. The predicted molar refractivity (Wildman–Crippen MR) is 101 cm³/mol. The van der Waals surface area contributed by atoms with Crippen molar-refractivity contribution in [3.8, 4) is 11.5 Å². The Labute approximate surface area is 159 Å². The number of nitrogens with zero attached hydrogens (tertiary/aromatic N) is 1. The van der Waals surface area contributed by atoms with Crippen LogP contribution in [0.3, 0.4) is 0 Å². The summed E-state index contributed by atoms with van der Waals surface area (Å²) in [5.41, 5.74) is 1.54. The largest absolute Gasteiger partial charge is 0.497 e. The topological polar surface area (TPSA) is 50.8 Å². The molecule has 0 bridgehead atoms. The van der Waals surface area contributed by atoms with Gasteiger partial charge >= 0.3 is 0 Å². The Bertz CT molecular complexity index is 797. The molecule has 0 radical (unpaired) electrons. The van der Waals surface area contributed by atoms with Crippen LogP contribution in [0.4, 0.5) is 4.39 Å². The Morgan fingerprint density at radius 3 is 2.78 bits per heavy atom. The van der Waals surface area contributed by atoms with Crippen molar-refractivity contribution in [3.05, 3.63) is 59.4 Å². The van der Waals surface area contributed by atoms with Gasteiger partial charge in [0.05, 0.1) is 20.8 Å². The first kappa shape index (κ1) is 19.2. The normalized spacial score (nSPS) is 16.9. The summed E-state index contributed by atoms with van der Waals surface area (Å²) in [6.07, 6.45) is 1.98. The molecule has 2 aromatic carbocycles. The van der Waals surface area contributed by atoms with Gasteiger partial charge in [0, 0.05) is 29.8 Å². The number of benzene rings is 2. The van der Waals surface area contributed by atoms with Crippen LogP contribution in [0, 0.1) is 5.82 Å². The number of nitrogens with one attached hydrogen (secondary N) is 1. The SMILES string of the molecule is COc1ccc(C2CCCN2CC(=O)NCc2ccccc2F)c(OC)c1. The molecule has 6 heteroatoms. The third-order valence-electron chi connectivity index (χ3n) is 4.94. The Hall–Kier alpha value is -2.60. The second kappa shape index (κ2) is 8.86. The van der Waals surface area contributed by atoms with Crippen molar-refractivity contribution in [2.45, 2.75) is 25.4 Å². The Balaban J connectivity index is 1.64.